The van der Waals surface area contributed by atoms with Gasteiger partial charge in [-0.15, -0.1) is 0 Å². The number of aliphatic imine (C=N–C) groups is 2. The second-order valence-electron chi connectivity index (χ2n) is 8.00. The summed E-state index contributed by atoms with van der Waals surface area (Å²) in [5.74, 6) is 0.425. The Morgan fingerprint density at radius 3 is 2.36 bits per heavy atom. The van der Waals surface area contributed by atoms with Crippen molar-refractivity contribution in [2.24, 2.45) is 9.98 Å². The van der Waals surface area contributed by atoms with Gasteiger partial charge in [0.05, 0.1) is 30.7 Å². The van der Waals surface area contributed by atoms with Gasteiger partial charge in [-0.3, -0.25) is 9.79 Å². The van der Waals surface area contributed by atoms with Crippen LogP contribution in [0.4, 0.5) is 5.69 Å². The molecule has 0 saturated heterocycles. The van der Waals surface area contributed by atoms with Gasteiger partial charge in [0.1, 0.15) is 16.5 Å². The number of esters is 1. The van der Waals surface area contributed by atoms with E-state index in [9.17, 15) is 9.59 Å². The van der Waals surface area contributed by atoms with E-state index < -0.39 is 11.6 Å². The number of nitrogens with zero attached hydrogens (tertiary/aromatic N) is 2. The van der Waals surface area contributed by atoms with Crippen molar-refractivity contribution in [3.8, 4) is 5.75 Å². The number of carbonyl (C=O) groups is 2. The number of ether oxygens (including phenoxy) is 2. The molecule has 0 unspecified atom stereocenters. The molecule has 0 aromatic heterocycles. The highest BCUT2D eigenvalue weighted by Crippen LogP contribution is 2.27. The third-order valence-electron chi connectivity index (χ3n) is 4.79. The third kappa shape index (κ3) is 6.92. The first-order valence-electron chi connectivity index (χ1n) is 10.9. The predicted octanol–water partition coefficient (Wildman–Crippen LogP) is 4.96. The topological polar surface area (TPSA) is 89.4 Å². The van der Waals surface area contributed by atoms with Crippen LogP contribution in [0, 0.1) is 0 Å². The first-order chi connectivity index (χ1) is 15.8. The quantitative estimate of drug-likeness (QED) is 0.416. The van der Waals surface area contributed by atoms with Crippen molar-refractivity contribution in [1.29, 1.82) is 0 Å². The molecule has 0 atom stereocenters. The molecular formula is C25H29N3O4S. The summed E-state index contributed by atoms with van der Waals surface area (Å²) in [5.41, 5.74) is 2.17. The van der Waals surface area contributed by atoms with Crippen molar-refractivity contribution in [2.75, 3.05) is 24.8 Å². The zero-order chi connectivity index (χ0) is 23.8. The molecule has 7 nitrogen and oxygen atoms in total. The Morgan fingerprint density at radius 1 is 1.03 bits per heavy atom. The minimum Gasteiger partial charge on any atom is -0.494 e. The molecule has 0 radical (unpaired) electrons. The van der Waals surface area contributed by atoms with E-state index in [1.54, 1.807) is 24.3 Å². The van der Waals surface area contributed by atoms with E-state index in [4.69, 9.17) is 14.7 Å². The van der Waals surface area contributed by atoms with Gasteiger partial charge in [-0.2, -0.15) is 0 Å². The highest BCUT2D eigenvalue weighted by Gasteiger charge is 2.28. The van der Waals surface area contributed by atoms with Crippen molar-refractivity contribution in [1.82, 2.24) is 0 Å². The Balaban J connectivity index is 1.60. The molecule has 0 spiro atoms. The van der Waals surface area contributed by atoms with E-state index in [0.29, 0.717) is 17.9 Å². The van der Waals surface area contributed by atoms with Crippen LogP contribution in [0.15, 0.2) is 58.5 Å². The lowest BCUT2D eigenvalue weighted by atomic mass is 10.1. The number of carbonyl (C=O) groups excluding carboxylic acids is 2. The molecule has 1 aliphatic rings. The maximum absolute atomic E-state index is 12.5. The lowest BCUT2D eigenvalue weighted by Crippen LogP contribution is -2.17. The number of benzene rings is 2. The summed E-state index contributed by atoms with van der Waals surface area (Å²) >= 11 is 1.35. The maximum Gasteiger partial charge on any atom is 0.337 e. The van der Waals surface area contributed by atoms with Gasteiger partial charge in [-0.1, -0.05) is 25.1 Å². The van der Waals surface area contributed by atoms with Crippen LogP contribution >= 0.6 is 11.8 Å². The molecule has 0 bridgehead atoms. The minimum absolute atomic E-state index is 0.169. The standard InChI is InChI=1S/C25H29N3O4S/c1-5-6-15-32-20-13-9-17(10-14-20)22-23(28-25(2,3)27-22)33-16-21(29)26-19-11-7-18(8-12-19)24(30)31-4/h7-14H,5-6,15-16H2,1-4H3,(H,26,29). The molecule has 0 aliphatic carbocycles. The van der Waals surface area contributed by atoms with Crippen LogP contribution in [0.1, 0.15) is 49.5 Å². The van der Waals surface area contributed by atoms with Crippen LogP contribution in [-0.2, 0) is 9.53 Å². The van der Waals surface area contributed by atoms with Gasteiger partial charge in [-0.25, -0.2) is 9.79 Å². The summed E-state index contributed by atoms with van der Waals surface area (Å²) in [6.45, 7) is 6.70. The lowest BCUT2D eigenvalue weighted by Gasteiger charge is -2.09. The number of thioether (sulfide) groups is 1. The minimum atomic E-state index is -0.575. The summed E-state index contributed by atoms with van der Waals surface area (Å²) in [4.78, 5) is 33.5. The van der Waals surface area contributed by atoms with E-state index in [1.807, 2.05) is 38.1 Å². The van der Waals surface area contributed by atoms with Crippen molar-refractivity contribution in [3.63, 3.8) is 0 Å². The number of amides is 1. The molecule has 8 heteroatoms. The molecule has 2 aromatic carbocycles. The van der Waals surface area contributed by atoms with Crippen molar-refractivity contribution in [3.05, 3.63) is 59.7 Å². The Labute approximate surface area is 198 Å². The fourth-order valence-electron chi connectivity index (χ4n) is 3.12. The molecule has 0 fully saturated rings. The predicted molar refractivity (Wildman–Crippen MR) is 134 cm³/mol. The van der Waals surface area contributed by atoms with E-state index in [-0.39, 0.29) is 11.7 Å². The second-order valence-corrected chi connectivity index (χ2v) is 8.97. The van der Waals surface area contributed by atoms with Crippen LogP contribution in [-0.4, -0.2) is 47.8 Å². The Morgan fingerprint density at radius 2 is 1.73 bits per heavy atom. The maximum atomic E-state index is 12.5. The molecule has 1 N–H and O–H groups in total. The van der Waals surface area contributed by atoms with E-state index >= 15 is 0 Å². The summed E-state index contributed by atoms with van der Waals surface area (Å²) in [7, 11) is 1.33. The fraction of sp³-hybridized carbons (Fsp3) is 0.360. The van der Waals surface area contributed by atoms with E-state index in [2.05, 4.69) is 17.0 Å². The Bertz CT molecular complexity index is 1040. The molecule has 33 heavy (non-hydrogen) atoms. The van der Waals surface area contributed by atoms with E-state index in [1.165, 1.54) is 18.9 Å². The molecule has 3 rings (SSSR count). The number of anilines is 1. The van der Waals surface area contributed by atoms with Gasteiger partial charge >= 0.3 is 5.97 Å². The molecule has 174 valence electrons. The van der Waals surface area contributed by atoms with Crippen LogP contribution in [0.5, 0.6) is 5.75 Å². The van der Waals surface area contributed by atoms with Crippen LogP contribution < -0.4 is 10.1 Å². The fourth-order valence-corrected chi connectivity index (χ4v) is 4.05. The monoisotopic (exact) mass is 467 g/mol. The average molecular weight is 468 g/mol. The number of nitrogens with one attached hydrogen (secondary N) is 1. The Hall–Kier alpha value is -3.13. The van der Waals surface area contributed by atoms with Crippen LogP contribution in [0.3, 0.4) is 0 Å². The first-order valence-corrected chi connectivity index (χ1v) is 11.8. The lowest BCUT2D eigenvalue weighted by molar-refractivity contribution is -0.113. The van der Waals surface area contributed by atoms with Gasteiger partial charge in [0.2, 0.25) is 5.91 Å². The smallest absolute Gasteiger partial charge is 0.337 e. The summed E-state index contributed by atoms with van der Waals surface area (Å²) in [6, 6.07) is 14.4. The first kappa shape index (κ1) is 24.5. The van der Waals surface area contributed by atoms with Gasteiger partial charge in [0.15, 0.2) is 0 Å². The second kappa shape index (κ2) is 11.1. The van der Waals surface area contributed by atoms with Gasteiger partial charge in [0.25, 0.3) is 0 Å². The molecule has 0 saturated carbocycles. The number of unbranched alkanes of at least 4 members (excludes halogenated alkanes) is 1. The Kier molecular flexibility index (Phi) is 8.27. The molecule has 1 aliphatic heterocycles. The summed E-state index contributed by atoms with van der Waals surface area (Å²) < 4.78 is 10.4. The van der Waals surface area contributed by atoms with E-state index in [0.717, 1.165) is 34.9 Å². The number of methoxy groups -OCH3 is 1. The molecule has 1 heterocycles. The molecule has 2 aromatic rings. The number of hydrogen-bond acceptors (Lipinski definition) is 7. The zero-order valence-electron chi connectivity index (χ0n) is 19.4. The SMILES string of the molecule is CCCCOc1ccc(C2=NC(C)(C)N=C2SCC(=O)Nc2ccc(C(=O)OC)cc2)cc1. The van der Waals surface area contributed by atoms with Crippen molar-refractivity contribution >= 4 is 40.1 Å². The van der Waals surface area contributed by atoms with Crippen LogP contribution in [0.25, 0.3) is 0 Å². The normalized spacial score (nSPS) is 14.3. The van der Waals surface area contributed by atoms with Crippen molar-refractivity contribution < 1.29 is 19.1 Å². The molecular weight excluding hydrogens is 438 g/mol. The third-order valence-corrected chi connectivity index (χ3v) is 5.75. The van der Waals surface area contributed by atoms with Gasteiger partial charge < -0.3 is 14.8 Å². The number of rotatable bonds is 9. The summed E-state index contributed by atoms with van der Waals surface area (Å²) in [5, 5.41) is 3.57. The van der Waals surface area contributed by atoms with Gasteiger partial charge in [-0.05, 0) is 68.8 Å². The molecule has 1 amide bonds. The zero-order valence-corrected chi connectivity index (χ0v) is 20.2. The average Bonchev–Trinajstić information content (AvgIpc) is 3.12. The summed E-state index contributed by atoms with van der Waals surface area (Å²) in [6.07, 6.45) is 2.11. The van der Waals surface area contributed by atoms with Crippen LogP contribution in [0.2, 0.25) is 0 Å². The number of hydrogen-bond donors (Lipinski definition) is 1. The van der Waals surface area contributed by atoms with Crippen molar-refractivity contribution in [2.45, 2.75) is 39.3 Å². The largest absolute Gasteiger partial charge is 0.494 e. The highest BCUT2D eigenvalue weighted by molar-refractivity contribution is 8.16. The van der Waals surface area contributed by atoms with Gasteiger partial charge in [0, 0.05) is 11.3 Å². The highest BCUT2D eigenvalue weighted by atomic mass is 32.2.